The van der Waals surface area contributed by atoms with Crippen LogP contribution in [0.3, 0.4) is 0 Å². The number of carbonyl (C=O) groups is 2. The van der Waals surface area contributed by atoms with Crippen molar-refractivity contribution >= 4 is 59.7 Å². The summed E-state index contributed by atoms with van der Waals surface area (Å²) in [4.78, 5) is 30.3. The minimum Gasteiger partial charge on any atom is -0.492 e. The van der Waals surface area contributed by atoms with Gasteiger partial charge in [0.05, 0.1) is 28.4 Å². The first-order valence-corrected chi connectivity index (χ1v) is 12.7. The number of ether oxygens (including phenoxy) is 1. The smallest absolute Gasteiger partial charge is 0.259 e. The van der Waals surface area contributed by atoms with Crippen LogP contribution in [0.15, 0.2) is 54.7 Å². The Kier molecular flexibility index (Phi) is 12.4. The van der Waals surface area contributed by atoms with E-state index >= 15 is 0 Å². The molecule has 0 spiro atoms. The third-order valence-corrected chi connectivity index (χ3v) is 6.46. The Balaban J connectivity index is 0.00000267. The zero-order chi connectivity index (χ0) is 26.4. The lowest BCUT2D eigenvalue weighted by Crippen LogP contribution is -2.33. The zero-order valence-electron chi connectivity index (χ0n) is 21.6. The van der Waals surface area contributed by atoms with E-state index in [0.717, 1.165) is 37.6 Å². The molecule has 3 N–H and O–H groups in total. The molecule has 7 nitrogen and oxygen atoms in total. The van der Waals surface area contributed by atoms with Gasteiger partial charge in [-0.3, -0.25) is 9.59 Å². The van der Waals surface area contributed by atoms with Crippen LogP contribution in [-0.4, -0.2) is 36.5 Å². The molecule has 2 heterocycles. The van der Waals surface area contributed by atoms with E-state index in [-0.39, 0.29) is 47.8 Å². The number of aromatic nitrogens is 1. The van der Waals surface area contributed by atoms with Crippen molar-refractivity contribution in [1.29, 1.82) is 0 Å². The highest BCUT2D eigenvalue weighted by molar-refractivity contribution is 6.30. The van der Waals surface area contributed by atoms with E-state index in [1.165, 1.54) is 24.4 Å². The van der Waals surface area contributed by atoms with Crippen molar-refractivity contribution in [2.24, 2.45) is 5.92 Å². The standard InChI is InChI=1S/C28H30ClFN4O3.2ClH/c1-17(2)19-5-8-22(25(12-19)37-16-18-4-3-11-31-14-18)27(35)33-24-9-7-21(30)13-23(24)28(36)34-26-10-6-20(29)15-32-26;;/h5-10,12-13,15,17-18,31H,3-4,11,14,16H2,1-2H3,(H,33,35)(H,32,34,36);2*1H. The van der Waals surface area contributed by atoms with E-state index in [9.17, 15) is 14.0 Å². The summed E-state index contributed by atoms with van der Waals surface area (Å²) in [6, 6.07) is 12.2. The first-order valence-electron chi connectivity index (χ1n) is 12.3. The van der Waals surface area contributed by atoms with Gasteiger partial charge < -0.3 is 20.7 Å². The number of piperidine rings is 1. The Morgan fingerprint density at radius 2 is 1.85 bits per heavy atom. The number of hydrogen-bond donors (Lipinski definition) is 3. The number of anilines is 2. The lowest BCUT2D eigenvalue weighted by Gasteiger charge is -2.24. The Bertz CT molecular complexity index is 1270. The van der Waals surface area contributed by atoms with Crippen molar-refractivity contribution in [1.82, 2.24) is 10.3 Å². The summed E-state index contributed by atoms with van der Waals surface area (Å²) in [5.41, 5.74) is 1.50. The molecule has 39 heavy (non-hydrogen) atoms. The molecular weight excluding hydrogens is 566 g/mol. The van der Waals surface area contributed by atoms with Crippen molar-refractivity contribution < 1.29 is 18.7 Å². The lowest BCUT2D eigenvalue weighted by atomic mass is 9.99. The fourth-order valence-electron chi connectivity index (χ4n) is 4.12. The molecule has 0 radical (unpaired) electrons. The quantitative estimate of drug-likeness (QED) is 0.268. The van der Waals surface area contributed by atoms with E-state index in [4.69, 9.17) is 16.3 Å². The van der Waals surface area contributed by atoms with Crippen molar-refractivity contribution in [2.45, 2.75) is 32.6 Å². The topological polar surface area (TPSA) is 92.4 Å². The van der Waals surface area contributed by atoms with Crippen LogP contribution in [0.2, 0.25) is 5.02 Å². The summed E-state index contributed by atoms with van der Waals surface area (Å²) >= 11 is 5.85. The molecule has 1 fully saturated rings. The molecule has 0 aliphatic carbocycles. The number of halogens is 4. The van der Waals surface area contributed by atoms with Crippen LogP contribution >= 0.6 is 36.4 Å². The van der Waals surface area contributed by atoms with Gasteiger partial charge in [0.1, 0.15) is 17.4 Å². The predicted octanol–water partition coefficient (Wildman–Crippen LogP) is 6.72. The fraction of sp³-hybridized carbons (Fsp3) is 0.321. The molecule has 1 unspecified atom stereocenters. The number of benzene rings is 2. The van der Waals surface area contributed by atoms with Gasteiger partial charge in [0.25, 0.3) is 11.8 Å². The van der Waals surface area contributed by atoms with Crippen LogP contribution in [0.1, 0.15) is 58.9 Å². The molecule has 0 bridgehead atoms. The normalized spacial score (nSPS) is 14.5. The van der Waals surface area contributed by atoms with E-state index in [1.54, 1.807) is 12.1 Å². The Labute approximate surface area is 245 Å². The minimum atomic E-state index is -0.624. The number of carbonyl (C=O) groups excluding carboxylic acids is 2. The molecule has 11 heteroatoms. The maximum Gasteiger partial charge on any atom is 0.259 e. The highest BCUT2D eigenvalue weighted by atomic mass is 35.5. The molecule has 2 aromatic carbocycles. The third-order valence-electron chi connectivity index (χ3n) is 6.23. The maximum absolute atomic E-state index is 14.1. The first-order chi connectivity index (χ1) is 17.8. The van der Waals surface area contributed by atoms with Gasteiger partial charge in [-0.2, -0.15) is 0 Å². The second-order valence-electron chi connectivity index (χ2n) is 9.39. The zero-order valence-corrected chi connectivity index (χ0v) is 24.0. The Morgan fingerprint density at radius 1 is 1.08 bits per heavy atom. The number of pyridine rings is 1. The SMILES string of the molecule is CC(C)c1ccc(C(=O)Nc2ccc(F)cc2C(=O)Nc2ccc(Cl)cn2)c(OCC2CCCNC2)c1.Cl.Cl. The highest BCUT2D eigenvalue weighted by Crippen LogP contribution is 2.28. The van der Waals surface area contributed by atoms with Crippen molar-refractivity contribution in [3.63, 3.8) is 0 Å². The molecule has 2 amide bonds. The largest absolute Gasteiger partial charge is 0.492 e. The molecule has 210 valence electrons. The number of nitrogens with one attached hydrogen (secondary N) is 3. The van der Waals surface area contributed by atoms with Gasteiger partial charge in [-0.05, 0) is 73.3 Å². The van der Waals surface area contributed by atoms with Gasteiger partial charge in [0.2, 0.25) is 0 Å². The summed E-state index contributed by atoms with van der Waals surface area (Å²) in [5, 5.41) is 9.14. The number of amides is 2. The second kappa shape index (κ2) is 15.0. The van der Waals surface area contributed by atoms with Crippen LogP contribution in [-0.2, 0) is 0 Å². The van der Waals surface area contributed by atoms with Crippen LogP contribution in [0.5, 0.6) is 5.75 Å². The van der Waals surface area contributed by atoms with Gasteiger partial charge in [0.15, 0.2) is 0 Å². The molecule has 1 aliphatic heterocycles. The first kappa shape index (κ1) is 32.3. The monoisotopic (exact) mass is 596 g/mol. The second-order valence-corrected chi connectivity index (χ2v) is 9.83. The van der Waals surface area contributed by atoms with Crippen molar-refractivity contribution in [2.75, 3.05) is 30.3 Å². The molecule has 4 rings (SSSR count). The molecule has 1 atom stereocenters. The van der Waals surface area contributed by atoms with E-state index in [2.05, 4.69) is 34.8 Å². The average Bonchev–Trinajstić information content (AvgIpc) is 2.90. The van der Waals surface area contributed by atoms with Gasteiger partial charge in [0, 0.05) is 18.7 Å². The Hall–Kier alpha value is -2.91. The van der Waals surface area contributed by atoms with Crippen molar-refractivity contribution in [3.8, 4) is 5.75 Å². The summed E-state index contributed by atoms with van der Waals surface area (Å²) in [6.45, 7) is 6.52. The summed E-state index contributed by atoms with van der Waals surface area (Å²) < 4.78 is 20.2. The molecule has 1 aliphatic rings. The third kappa shape index (κ3) is 8.80. The molecular formula is C28H32Cl3FN4O3. The summed E-state index contributed by atoms with van der Waals surface area (Å²) in [5.74, 6) is -0.358. The van der Waals surface area contributed by atoms with E-state index in [0.29, 0.717) is 28.9 Å². The van der Waals surface area contributed by atoms with E-state index < -0.39 is 17.6 Å². The lowest BCUT2D eigenvalue weighted by molar-refractivity contribution is 0.102. The summed E-state index contributed by atoms with van der Waals surface area (Å²) in [6.07, 6.45) is 3.54. The van der Waals surface area contributed by atoms with Crippen molar-refractivity contribution in [3.05, 3.63) is 82.3 Å². The predicted molar refractivity (Wildman–Crippen MR) is 158 cm³/mol. The van der Waals surface area contributed by atoms with Crippen LogP contribution in [0.25, 0.3) is 0 Å². The molecule has 3 aromatic rings. The average molecular weight is 598 g/mol. The van der Waals surface area contributed by atoms with Crippen LogP contribution in [0.4, 0.5) is 15.9 Å². The number of hydrogen-bond acceptors (Lipinski definition) is 5. The fourth-order valence-corrected chi connectivity index (χ4v) is 4.23. The van der Waals surface area contributed by atoms with Crippen LogP contribution in [0, 0.1) is 11.7 Å². The number of nitrogens with zero attached hydrogens (tertiary/aromatic N) is 1. The minimum absolute atomic E-state index is 0. The highest BCUT2D eigenvalue weighted by Gasteiger charge is 2.21. The van der Waals surface area contributed by atoms with Gasteiger partial charge >= 0.3 is 0 Å². The molecule has 1 aromatic heterocycles. The van der Waals surface area contributed by atoms with Gasteiger partial charge in [-0.25, -0.2) is 9.37 Å². The Morgan fingerprint density at radius 3 is 2.51 bits per heavy atom. The van der Waals surface area contributed by atoms with Crippen LogP contribution < -0.4 is 20.7 Å². The molecule has 0 saturated carbocycles. The maximum atomic E-state index is 14.1. The van der Waals surface area contributed by atoms with Gasteiger partial charge in [-0.1, -0.05) is 31.5 Å². The molecule has 1 saturated heterocycles. The number of rotatable bonds is 8. The van der Waals surface area contributed by atoms with E-state index in [1.807, 2.05) is 12.1 Å². The summed E-state index contributed by atoms with van der Waals surface area (Å²) in [7, 11) is 0. The van der Waals surface area contributed by atoms with Gasteiger partial charge in [-0.15, -0.1) is 24.8 Å².